The Labute approximate surface area is 148 Å². The molecule has 1 aliphatic rings. The molecule has 3 N–H and O–H groups in total. The molecule has 0 saturated carbocycles. The summed E-state index contributed by atoms with van der Waals surface area (Å²) in [5, 5.41) is 2.84. The third-order valence-corrected chi connectivity index (χ3v) is 3.30. The standard InChI is InChI=1S/C15H22N4O2.HI/c16-15(19-8-10-21-11-9-19)18-12-14(20)17-7-6-13-4-2-1-3-5-13;/h1-5H,6-12H2,(H2,16,18)(H,17,20);1H. The number of carbonyl (C=O) groups excluding carboxylic acids is 1. The molecule has 1 saturated heterocycles. The number of hydrogen-bond donors (Lipinski definition) is 2. The fourth-order valence-electron chi connectivity index (χ4n) is 2.09. The van der Waals surface area contributed by atoms with E-state index < -0.39 is 0 Å². The molecule has 1 fully saturated rings. The second kappa shape index (κ2) is 10.4. The number of ether oxygens (including phenoxy) is 1. The maximum atomic E-state index is 11.7. The molecule has 1 aromatic carbocycles. The molecule has 7 heteroatoms. The van der Waals surface area contributed by atoms with Crippen molar-refractivity contribution in [3.05, 3.63) is 35.9 Å². The monoisotopic (exact) mass is 418 g/mol. The number of morpholine rings is 1. The van der Waals surface area contributed by atoms with Crippen molar-refractivity contribution in [3.63, 3.8) is 0 Å². The summed E-state index contributed by atoms with van der Waals surface area (Å²) in [6.45, 7) is 3.43. The Morgan fingerprint density at radius 2 is 1.95 bits per heavy atom. The quantitative estimate of drug-likeness (QED) is 0.417. The van der Waals surface area contributed by atoms with Crippen LogP contribution in [0.2, 0.25) is 0 Å². The molecule has 1 heterocycles. The Morgan fingerprint density at radius 3 is 2.64 bits per heavy atom. The average Bonchev–Trinajstić information content (AvgIpc) is 2.54. The summed E-state index contributed by atoms with van der Waals surface area (Å²) < 4.78 is 5.24. The predicted octanol–water partition coefficient (Wildman–Crippen LogP) is 0.610. The summed E-state index contributed by atoms with van der Waals surface area (Å²) in [7, 11) is 0. The molecule has 1 aromatic rings. The Morgan fingerprint density at radius 1 is 1.27 bits per heavy atom. The molecule has 0 unspecified atom stereocenters. The van der Waals surface area contributed by atoms with Crippen LogP contribution in [-0.2, 0) is 16.0 Å². The van der Waals surface area contributed by atoms with Crippen LogP contribution in [0, 0.1) is 0 Å². The van der Waals surface area contributed by atoms with E-state index in [4.69, 9.17) is 10.5 Å². The lowest BCUT2D eigenvalue weighted by atomic mass is 10.1. The smallest absolute Gasteiger partial charge is 0.241 e. The van der Waals surface area contributed by atoms with Gasteiger partial charge in [-0.3, -0.25) is 4.79 Å². The van der Waals surface area contributed by atoms with Gasteiger partial charge in [-0.25, -0.2) is 4.99 Å². The first kappa shape index (κ1) is 18.7. The lowest BCUT2D eigenvalue weighted by Crippen LogP contribution is -2.45. The summed E-state index contributed by atoms with van der Waals surface area (Å²) in [4.78, 5) is 17.8. The third kappa shape index (κ3) is 6.61. The van der Waals surface area contributed by atoms with Crippen LogP contribution in [0.5, 0.6) is 0 Å². The highest BCUT2D eigenvalue weighted by atomic mass is 127. The summed E-state index contributed by atoms with van der Waals surface area (Å²) in [6, 6.07) is 10.0. The second-order valence-corrected chi connectivity index (χ2v) is 4.86. The Balaban J connectivity index is 0.00000242. The molecule has 0 aliphatic carbocycles. The third-order valence-electron chi connectivity index (χ3n) is 3.30. The van der Waals surface area contributed by atoms with Crippen molar-refractivity contribution in [2.75, 3.05) is 39.4 Å². The molecule has 1 aliphatic heterocycles. The number of amides is 1. The van der Waals surface area contributed by atoms with Crippen molar-refractivity contribution >= 4 is 35.8 Å². The van der Waals surface area contributed by atoms with E-state index in [1.807, 2.05) is 35.2 Å². The molecule has 0 spiro atoms. The van der Waals surface area contributed by atoms with Crippen LogP contribution < -0.4 is 11.1 Å². The van der Waals surface area contributed by atoms with E-state index in [-0.39, 0.29) is 36.4 Å². The Kier molecular flexibility index (Phi) is 8.83. The van der Waals surface area contributed by atoms with Crippen LogP contribution in [0.4, 0.5) is 0 Å². The van der Waals surface area contributed by atoms with E-state index in [9.17, 15) is 4.79 Å². The van der Waals surface area contributed by atoms with Crippen LogP contribution in [0.25, 0.3) is 0 Å². The molecule has 22 heavy (non-hydrogen) atoms. The van der Waals surface area contributed by atoms with Gasteiger partial charge in [0.15, 0.2) is 5.96 Å². The largest absolute Gasteiger partial charge is 0.378 e. The van der Waals surface area contributed by atoms with Crippen LogP contribution in [-0.4, -0.2) is 56.2 Å². The van der Waals surface area contributed by atoms with E-state index in [2.05, 4.69) is 10.3 Å². The number of benzene rings is 1. The fourth-order valence-corrected chi connectivity index (χ4v) is 2.09. The zero-order chi connectivity index (χ0) is 14.9. The van der Waals surface area contributed by atoms with Gasteiger partial charge in [-0.15, -0.1) is 24.0 Å². The lowest BCUT2D eigenvalue weighted by molar-refractivity contribution is -0.119. The maximum Gasteiger partial charge on any atom is 0.241 e. The number of carbonyl (C=O) groups is 1. The van der Waals surface area contributed by atoms with Crippen LogP contribution in [0.3, 0.4) is 0 Å². The Bertz CT molecular complexity index is 476. The topological polar surface area (TPSA) is 79.9 Å². The molecule has 0 atom stereocenters. The van der Waals surface area contributed by atoms with Gasteiger partial charge in [0, 0.05) is 19.6 Å². The SMILES string of the molecule is I.NC(=NCC(=O)NCCc1ccccc1)N1CCOCC1. The van der Waals surface area contributed by atoms with E-state index in [0.717, 1.165) is 19.5 Å². The van der Waals surface area contributed by atoms with Gasteiger partial charge in [0.1, 0.15) is 6.54 Å². The summed E-state index contributed by atoms with van der Waals surface area (Å²) in [6.07, 6.45) is 0.815. The summed E-state index contributed by atoms with van der Waals surface area (Å²) >= 11 is 0. The van der Waals surface area contributed by atoms with Gasteiger partial charge in [0.05, 0.1) is 13.2 Å². The van der Waals surface area contributed by atoms with E-state index in [1.165, 1.54) is 5.56 Å². The van der Waals surface area contributed by atoms with Crippen molar-refractivity contribution in [1.29, 1.82) is 0 Å². The van der Waals surface area contributed by atoms with Crippen molar-refractivity contribution < 1.29 is 9.53 Å². The number of aliphatic imine (C=N–C) groups is 1. The first-order valence-corrected chi connectivity index (χ1v) is 7.19. The van der Waals surface area contributed by atoms with E-state index in [0.29, 0.717) is 25.7 Å². The molecule has 1 amide bonds. The zero-order valence-corrected chi connectivity index (χ0v) is 14.9. The zero-order valence-electron chi connectivity index (χ0n) is 12.5. The number of nitrogens with one attached hydrogen (secondary N) is 1. The first-order chi connectivity index (χ1) is 10.3. The van der Waals surface area contributed by atoms with Gasteiger partial charge in [-0.1, -0.05) is 30.3 Å². The van der Waals surface area contributed by atoms with Gasteiger partial charge in [0.2, 0.25) is 5.91 Å². The Hall–Kier alpha value is -1.35. The minimum atomic E-state index is -0.109. The van der Waals surface area contributed by atoms with Gasteiger partial charge < -0.3 is 20.7 Å². The molecule has 0 radical (unpaired) electrons. The van der Waals surface area contributed by atoms with E-state index >= 15 is 0 Å². The van der Waals surface area contributed by atoms with Crippen molar-refractivity contribution in [2.45, 2.75) is 6.42 Å². The maximum absolute atomic E-state index is 11.7. The highest BCUT2D eigenvalue weighted by Gasteiger charge is 2.12. The predicted molar refractivity (Wildman–Crippen MR) is 97.5 cm³/mol. The number of guanidine groups is 1. The van der Waals surface area contributed by atoms with Gasteiger partial charge in [-0.2, -0.15) is 0 Å². The molecule has 6 nitrogen and oxygen atoms in total. The normalized spacial score (nSPS) is 15.1. The molecular weight excluding hydrogens is 395 g/mol. The number of hydrogen-bond acceptors (Lipinski definition) is 3. The van der Waals surface area contributed by atoms with Crippen molar-refractivity contribution in [3.8, 4) is 0 Å². The van der Waals surface area contributed by atoms with Crippen molar-refractivity contribution in [1.82, 2.24) is 10.2 Å². The van der Waals surface area contributed by atoms with Crippen LogP contribution >= 0.6 is 24.0 Å². The molecular formula is C15H23IN4O2. The average molecular weight is 418 g/mol. The molecule has 122 valence electrons. The highest BCUT2D eigenvalue weighted by molar-refractivity contribution is 14.0. The van der Waals surface area contributed by atoms with Gasteiger partial charge in [-0.05, 0) is 12.0 Å². The van der Waals surface area contributed by atoms with Crippen molar-refractivity contribution in [2.24, 2.45) is 10.7 Å². The fraction of sp³-hybridized carbons (Fsp3) is 0.467. The van der Waals surface area contributed by atoms with Crippen LogP contribution in [0.15, 0.2) is 35.3 Å². The number of halogens is 1. The number of rotatable bonds is 5. The van der Waals surface area contributed by atoms with Crippen LogP contribution in [0.1, 0.15) is 5.56 Å². The van der Waals surface area contributed by atoms with E-state index in [1.54, 1.807) is 0 Å². The first-order valence-electron chi connectivity index (χ1n) is 7.19. The molecule has 0 bridgehead atoms. The molecule has 0 aromatic heterocycles. The highest BCUT2D eigenvalue weighted by Crippen LogP contribution is 1.98. The minimum absolute atomic E-state index is 0. The number of nitrogens with zero attached hydrogens (tertiary/aromatic N) is 2. The summed E-state index contributed by atoms with van der Waals surface area (Å²) in [5.74, 6) is 0.304. The van der Waals surface area contributed by atoms with Gasteiger partial charge in [0.25, 0.3) is 0 Å². The second-order valence-electron chi connectivity index (χ2n) is 4.86. The number of nitrogens with two attached hydrogens (primary N) is 1. The lowest BCUT2D eigenvalue weighted by Gasteiger charge is -2.27. The minimum Gasteiger partial charge on any atom is -0.378 e. The van der Waals surface area contributed by atoms with Gasteiger partial charge >= 0.3 is 0 Å². The molecule has 2 rings (SSSR count). The summed E-state index contributed by atoms with van der Waals surface area (Å²) in [5.41, 5.74) is 7.06.